The van der Waals surface area contributed by atoms with Gasteiger partial charge in [-0.25, -0.2) is 4.79 Å². The van der Waals surface area contributed by atoms with E-state index >= 15 is 0 Å². The van der Waals surface area contributed by atoms with E-state index in [4.69, 9.17) is 0 Å². The predicted octanol–water partition coefficient (Wildman–Crippen LogP) is 1.59. The van der Waals surface area contributed by atoms with Gasteiger partial charge in [-0.05, 0) is 30.0 Å². The topological polar surface area (TPSA) is 74.3 Å². The summed E-state index contributed by atoms with van der Waals surface area (Å²) >= 11 is 0. The first-order chi connectivity index (χ1) is 10.2. The van der Waals surface area contributed by atoms with Crippen LogP contribution in [0.2, 0.25) is 0 Å². The van der Waals surface area contributed by atoms with E-state index in [2.05, 4.69) is 15.6 Å². The number of hydrogen-bond acceptors (Lipinski definition) is 3. The summed E-state index contributed by atoms with van der Waals surface area (Å²) in [4.78, 5) is 29.2. The molecule has 3 amide bonds. The number of nitrogens with zero attached hydrogens (tertiary/aromatic N) is 2. The second-order valence-corrected chi connectivity index (χ2v) is 4.98. The molecule has 1 aromatic carbocycles. The van der Waals surface area contributed by atoms with Gasteiger partial charge >= 0.3 is 6.03 Å². The Balaban J connectivity index is 1.56. The molecule has 6 heteroatoms. The fourth-order valence-electron chi connectivity index (χ4n) is 2.17. The molecule has 2 heterocycles. The summed E-state index contributed by atoms with van der Waals surface area (Å²) in [5, 5.41) is 7.31. The Morgan fingerprint density at radius 1 is 1.19 bits per heavy atom. The Kier molecular flexibility index (Phi) is 3.68. The number of nitrogens with one attached hydrogen (secondary N) is 2. The number of likely N-dealkylation sites (tertiary alicyclic amines) is 1. The number of carbonyl (C=O) groups excluding carboxylic acids is 2. The molecule has 2 aromatic rings. The van der Waals surface area contributed by atoms with Gasteiger partial charge in [-0.15, -0.1) is 0 Å². The van der Waals surface area contributed by atoms with E-state index in [9.17, 15) is 9.59 Å². The first-order valence-electron chi connectivity index (χ1n) is 6.89. The zero-order valence-electron chi connectivity index (χ0n) is 11.5. The monoisotopic (exact) mass is 284 g/mol. The van der Waals surface area contributed by atoms with E-state index in [1.165, 1.54) is 0 Å². The molecule has 0 radical (unpaired) electrons. The molecular weight excluding hydrogens is 268 g/mol. The van der Waals surface area contributed by atoms with Crippen LogP contribution < -0.4 is 10.6 Å². The highest BCUT2D eigenvalue weighted by molar-refractivity contribution is 5.95. The molecule has 0 atom stereocenters. The van der Waals surface area contributed by atoms with Gasteiger partial charge in [0.1, 0.15) is 0 Å². The van der Waals surface area contributed by atoms with E-state index < -0.39 is 0 Å². The third-order valence-corrected chi connectivity index (χ3v) is 3.51. The average molecular weight is 284 g/mol. The van der Waals surface area contributed by atoms with Gasteiger partial charge in [0.25, 0.3) is 0 Å². The molecule has 3 rings (SSSR count). The fraction of sp³-hybridized carbons (Fsp3) is 0.267. The number of pyridine rings is 1. The Morgan fingerprint density at radius 2 is 2.05 bits per heavy atom. The van der Waals surface area contributed by atoms with Gasteiger partial charge in [0.2, 0.25) is 5.91 Å². The predicted molar refractivity (Wildman–Crippen MR) is 80.0 cm³/mol. The van der Waals surface area contributed by atoms with Crippen molar-refractivity contribution in [3.63, 3.8) is 0 Å². The molecule has 1 aliphatic rings. The smallest absolute Gasteiger partial charge is 0.319 e. The first kappa shape index (κ1) is 13.4. The number of anilines is 1. The Bertz CT molecular complexity index is 682. The van der Waals surface area contributed by atoms with Crippen LogP contribution in [-0.4, -0.2) is 41.5 Å². The summed E-state index contributed by atoms with van der Waals surface area (Å²) in [5.74, 6) is -0.0408. The maximum absolute atomic E-state index is 11.8. The highest BCUT2D eigenvalue weighted by Gasteiger charge is 2.20. The van der Waals surface area contributed by atoms with E-state index in [1.807, 2.05) is 18.2 Å². The summed E-state index contributed by atoms with van der Waals surface area (Å²) in [6.07, 6.45) is 4.52. The molecule has 108 valence electrons. The third kappa shape index (κ3) is 3.10. The maximum atomic E-state index is 11.8. The van der Waals surface area contributed by atoms with Crippen molar-refractivity contribution in [3.05, 3.63) is 36.7 Å². The summed E-state index contributed by atoms with van der Waals surface area (Å²) in [6.45, 7) is 1.62. The summed E-state index contributed by atoms with van der Waals surface area (Å²) < 4.78 is 0. The van der Waals surface area contributed by atoms with Crippen molar-refractivity contribution < 1.29 is 9.59 Å². The minimum absolute atomic E-state index is 0.0311. The van der Waals surface area contributed by atoms with Crippen molar-refractivity contribution in [2.75, 3.05) is 25.0 Å². The standard InChI is InChI=1S/C15H16N4O2/c20-14(19-6-1-7-19)10-17-15(21)18-13-3-2-12-9-16-5-4-11(12)8-13/h2-5,8-9H,1,6-7,10H2,(H2,17,18,21). The highest BCUT2D eigenvalue weighted by Crippen LogP contribution is 2.17. The Morgan fingerprint density at radius 3 is 2.81 bits per heavy atom. The molecule has 0 saturated carbocycles. The molecule has 0 unspecified atom stereocenters. The quantitative estimate of drug-likeness (QED) is 0.898. The van der Waals surface area contributed by atoms with Crippen LogP contribution in [0, 0.1) is 0 Å². The third-order valence-electron chi connectivity index (χ3n) is 3.51. The van der Waals surface area contributed by atoms with Gasteiger partial charge in [0.15, 0.2) is 0 Å². The van der Waals surface area contributed by atoms with Gasteiger partial charge in [-0.2, -0.15) is 0 Å². The number of fused-ring (bicyclic) bond motifs is 1. The molecule has 6 nitrogen and oxygen atoms in total. The average Bonchev–Trinajstić information content (AvgIpc) is 2.43. The van der Waals surface area contributed by atoms with Gasteiger partial charge in [0, 0.05) is 36.6 Å². The van der Waals surface area contributed by atoms with E-state index in [0.717, 1.165) is 30.3 Å². The lowest BCUT2D eigenvalue weighted by atomic mass is 10.1. The normalized spacial score (nSPS) is 13.6. The molecule has 1 saturated heterocycles. The lowest BCUT2D eigenvalue weighted by molar-refractivity contribution is -0.133. The molecule has 2 N–H and O–H groups in total. The molecule has 1 aromatic heterocycles. The van der Waals surface area contributed by atoms with Crippen molar-refractivity contribution in [1.29, 1.82) is 0 Å². The molecular formula is C15H16N4O2. The lowest BCUT2D eigenvalue weighted by Gasteiger charge is -2.30. The minimum atomic E-state index is -0.378. The van der Waals surface area contributed by atoms with Crippen LogP contribution in [0.3, 0.4) is 0 Å². The summed E-state index contributed by atoms with van der Waals surface area (Å²) in [6, 6.07) is 7.07. The van der Waals surface area contributed by atoms with Crippen LogP contribution in [0.5, 0.6) is 0 Å². The van der Waals surface area contributed by atoms with Crippen molar-refractivity contribution in [2.24, 2.45) is 0 Å². The van der Waals surface area contributed by atoms with Gasteiger partial charge in [-0.3, -0.25) is 9.78 Å². The molecule has 21 heavy (non-hydrogen) atoms. The Labute approximate surface area is 122 Å². The van der Waals surface area contributed by atoms with E-state index in [1.54, 1.807) is 23.4 Å². The molecule has 0 spiro atoms. The number of hydrogen-bond donors (Lipinski definition) is 2. The van der Waals surface area contributed by atoms with Crippen LogP contribution in [0.1, 0.15) is 6.42 Å². The van der Waals surface area contributed by atoms with E-state index in [0.29, 0.717) is 5.69 Å². The minimum Gasteiger partial charge on any atom is -0.341 e. The number of urea groups is 1. The number of benzene rings is 1. The SMILES string of the molecule is O=C(NCC(=O)N1CCC1)Nc1ccc2cnccc2c1. The van der Waals surface area contributed by atoms with Crippen LogP contribution in [0.15, 0.2) is 36.7 Å². The highest BCUT2D eigenvalue weighted by atomic mass is 16.2. The van der Waals surface area contributed by atoms with Crippen molar-refractivity contribution >= 4 is 28.4 Å². The summed E-state index contributed by atoms with van der Waals surface area (Å²) in [5.41, 5.74) is 0.683. The van der Waals surface area contributed by atoms with Crippen molar-refractivity contribution in [1.82, 2.24) is 15.2 Å². The van der Waals surface area contributed by atoms with Crippen molar-refractivity contribution in [2.45, 2.75) is 6.42 Å². The van der Waals surface area contributed by atoms with E-state index in [-0.39, 0.29) is 18.5 Å². The van der Waals surface area contributed by atoms with Crippen LogP contribution in [0.4, 0.5) is 10.5 Å². The number of carbonyl (C=O) groups is 2. The summed E-state index contributed by atoms with van der Waals surface area (Å²) in [7, 11) is 0. The molecule has 1 fully saturated rings. The second-order valence-electron chi connectivity index (χ2n) is 4.98. The van der Waals surface area contributed by atoms with Gasteiger partial charge in [0.05, 0.1) is 6.54 Å². The number of rotatable bonds is 3. The Hall–Kier alpha value is -2.63. The zero-order chi connectivity index (χ0) is 14.7. The number of aromatic nitrogens is 1. The van der Waals surface area contributed by atoms with Crippen LogP contribution >= 0.6 is 0 Å². The second kappa shape index (κ2) is 5.78. The zero-order valence-corrected chi connectivity index (χ0v) is 11.5. The molecule has 1 aliphatic heterocycles. The largest absolute Gasteiger partial charge is 0.341 e. The molecule has 0 aliphatic carbocycles. The van der Waals surface area contributed by atoms with Gasteiger partial charge < -0.3 is 15.5 Å². The van der Waals surface area contributed by atoms with Crippen molar-refractivity contribution in [3.8, 4) is 0 Å². The maximum Gasteiger partial charge on any atom is 0.319 e. The van der Waals surface area contributed by atoms with Crippen LogP contribution in [-0.2, 0) is 4.79 Å². The number of amides is 3. The van der Waals surface area contributed by atoms with Crippen LogP contribution in [0.25, 0.3) is 10.8 Å². The molecule has 0 bridgehead atoms. The lowest BCUT2D eigenvalue weighted by Crippen LogP contribution is -2.47. The fourth-order valence-corrected chi connectivity index (χ4v) is 2.17. The van der Waals surface area contributed by atoms with Gasteiger partial charge in [-0.1, -0.05) is 6.07 Å². The first-order valence-corrected chi connectivity index (χ1v) is 6.89.